The van der Waals surface area contributed by atoms with E-state index in [9.17, 15) is 0 Å². The van der Waals surface area contributed by atoms with Crippen LogP contribution in [0.25, 0.3) is 0 Å². The van der Waals surface area contributed by atoms with Gasteiger partial charge in [-0.15, -0.1) is 0 Å². The zero-order valence-corrected chi connectivity index (χ0v) is 5.99. The molecule has 10 heavy (non-hydrogen) atoms. The van der Waals surface area contributed by atoms with Gasteiger partial charge in [0.15, 0.2) is 6.39 Å². The molecule has 1 aromatic rings. The minimum Gasteiger partial charge on any atom is -0.452 e. The van der Waals surface area contributed by atoms with Crippen molar-refractivity contribution in [3.8, 4) is 0 Å². The minimum absolute atomic E-state index is 0.634. The summed E-state index contributed by atoms with van der Waals surface area (Å²) in [6.45, 7) is 3.15. The molecule has 1 fully saturated rings. The van der Waals surface area contributed by atoms with Crippen LogP contribution in [0.2, 0.25) is 0 Å². The van der Waals surface area contributed by atoms with Gasteiger partial charge in [0.25, 0.3) is 0 Å². The van der Waals surface area contributed by atoms with Crippen LogP contribution < -0.4 is 0 Å². The Morgan fingerprint density at radius 1 is 1.70 bits per heavy atom. The Kier molecular flexibility index (Phi) is 2.96. The summed E-state index contributed by atoms with van der Waals surface area (Å²) in [7, 11) is 0. The summed E-state index contributed by atoms with van der Waals surface area (Å²) in [6.07, 6.45) is 6.30. The number of oxazole rings is 1. The largest absolute Gasteiger partial charge is 0.452 e. The molecule has 1 unspecified atom stereocenters. The summed E-state index contributed by atoms with van der Waals surface area (Å²) in [5.41, 5.74) is 0. The Morgan fingerprint density at radius 2 is 2.50 bits per heavy atom. The predicted molar refractivity (Wildman–Crippen MR) is 36.5 cm³/mol. The first-order valence-corrected chi connectivity index (χ1v) is 3.37. The topological polar surface area (TPSA) is 38.6 Å². The molecule has 1 aliphatic rings. The number of hydrogen-bond acceptors (Lipinski definition) is 3. The van der Waals surface area contributed by atoms with E-state index in [0.717, 1.165) is 6.61 Å². The third-order valence-corrected chi connectivity index (χ3v) is 1.20. The number of epoxide rings is 1. The highest BCUT2D eigenvalue weighted by Gasteiger charge is 2.18. The smallest absolute Gasteiger partial charge is 0.180 e. The third-order valence-electron chi connectivity index (χ3n) is 1.20. The Bertz CT molecular complexity index is 129. The van der Waals surface area contributed by atoms with E-state index in [1.54, 1.807) is 6.20 Å². The Morgan fingerprint density at radius 3 is 2.60 bits per heavy atom. The van der Waals surface area contributed by atoms with Crippen molar-refractivity contribution in [1.82, 2.24) is 4.98 Å². The Hall–Kier alpha value is -0.830. The van der Waals surface area contributed by atoms with Crippen LogP contribution >= 0.6 is 0 Å². The summed E-state index contributed by atoms with van der Waals surface area (Å²) >= 11 is 0. The molecule has 1 saturated heterocycles. The first-order chi connectivity index (χ1) is 4.93. The first-order valence-electron chi connectivity index (χ1n) is 3.37. The molecule has 1 atom stereocenters. The molecule has 0 aliphatic carbocycles. The number of aromatic nitrogens is 1. The normalized spacial score (nSPS) is 21.1. The molecule has 0 saturated carbocycles. The molecule has 0 aromatic carbocycles. The van der Waals surface area contributed by atoms with Gasteiger partial charge in [-0.25, -0.2) is 4.98 Å². The number of ether oxygens (including phenoxy) is 1. The molecule has 0 amide bonds. The van der Waals surface area contributed by atoms with Gasteiger partial charge in [-0.1, -0.05) is 6.92 Å². The predicted octanol–water partition coefficient (Wildman–Crippen LogP) is 1.47. The summed E-state index contributed by atoms with van der Waals surface area (Å²) < 4.78 is 9.33. The second-order valence-corrected chi connectivity index (χ2v) is 2.04. The average molecular weight is 141 g/mol. The molecule has 2 heterocycles. The molecule has 3 nitrogen and oxygen atoms in total. The lowest BCUT2D eigenvalue weighted by molar-refractivity contribution is 0.403. The Labute approximate surface area is 60.0 Å². The zero-order valence-electron chi connectivity index (χ0n) is 5.99. The van der Waals surface area contributed by atoms with Crippen LogP contribution in [0, 0.1) is 0 Å². The summed E-state index contributed by atoms with van der Waals surface area (Å²) in [5.74, 6) is 0. The van der Waals surface area contributed by atoms with Gasteiger partial charge in [0, 0.05) is 0 Å². The number of rotatable bonds is 1. The monoisotopic (exact) mass is 141 g/mol. The highest BCUT2D eigenvalue weighted by atomic mass is 16.6. The lowest BCUT2D eigenvalue weighted by atomic mass is 10.4. The van der Waals surface area contributed by atoms with E-state index in [-0.39, 0.29) is 0 Å². The zero-order chi connectivity index (χ0) is 7.23. The standard InChI is InChI=1S/C4H8O.C3H3NO/c1-2-4-3-5-4;1-2-5-3-4-1/h4H,2-3H2,1H3;1-3H. The quantitative estimate of drug-likeness (QED) is 0.556. The number of hydrogen-bond donors (Lipinski definition) is 0. The lowest BCUT2D eigenvalue weighted by Gasteiger charge is -1.69. The summed E-state index contributed by atoms with van der Waals surface area (Å²) in [6, 6.07) is 0. The lowest BCUT2D eigenvalue weighted by Crippen LogP contribution is -1.73. The van der Waals surface area contributed by atoms with E-state index in [0.29, 0.717) is 6.10 Å². The fourth-order valence-electron chi connectivity index (χ4n) is 0.479. The van der Waals surface area contributed by atoms with Gasteiger partial charge >= 0.3 is 0 Å². The van der Waals surface area contributed by atoms with Crippen LogP contribution in [-0.4, -0.2) is 17.7 Å². The van der Waals surface area contributed by atoms with E-state index in [1.807, 2.05) is 0 Å². The van der Waals surface area contributed by atoms with Crippen molar-refractivity contribution in [3.63, 3.8) is 0 Å². The van der Waals surface area contributed by atoms with Gasteiger partial charge < -0.3 is 9.15 Å². The summed E-state index contributed by atoms with van der Waals surface area (Å²) in [5, 5.41) is 0. The SMILES string of the molecule is CCC1CO1.c1cocn1. The van der Waals surface area contributed by atoms with Crippen LogP contribution in [0.15, 0.2) is 23.3 Å². The van der Waals surface area contributed by atoms with Crippen molar-refractivity contribution in [1.29, 1.82) is 0 Å². The van der Waals surface area contributed by atoms with Gasteiger partial charge in [0.05, 0.1) is 18.9 Å². The molecular weight excluding hydrogens is 130 g/mol. The van der Waals surface area contributed by atoms with Gasteiger partial charge in [-0.2, -0.15) is 0 Å². The maximum atomic E-state index is 4.86. The highest BCUT2D eigenvalue weighted by molar-refractivity contribution is 4.64. The molecule has 0 bridgehead atoms. The van der Waals surface area contributed by atoms with Gasteiger partial charge in [0.2, 0.25) is 0 Å². The highest BCUT2D eigenvalue weighted by Crippen LogP contribution is 2.10. The van der Waals surface area contributed by atoms with Crippen LogP contribution in [-0.2, 0) is 4.74 Å². The second-order valence-electron chi connectivity index (χ2n) is 2.04. The maximum absolute atomic E-state index is 4.86. The van der Waals surface area contributed by atoms with Crippen molar-refractivity contribution in [2.75, 3.05) is 6.61 Å². The molecule has 0 spiro atoms. The molecule has 0 N–H and O–H groups in total. The van der Waals surface area contributed by atoms with E-state index in [1.165, 1.54) is 19.1 Å². The van der Waals surface area contributed by atoms with Crippen molar-refractivity contribution >= 4 is 0 Å². The van der Waals surface area contributed by atoms with E-state index >= 15 is 0 Å². The minimum atomic E-state index is 0.634. The molecule has 1 aliphatic heterocycles. The molecule has 3 heteroatoms. The van der Waals surface area contributed by atoms with Gasteiger partial charge in [-0.05, 0) is 6.42 Å². The van der Waals surface area contributed by atoms with Crippen molar-refractivity contribution in [2.45, 2.75) is 19.4 Å². The molecule has 2 rings (SSSR count). The second kappa shape index (κ2) is 4.06. The van der Waals surface area contributed by atoms with Crippen LogP contribution in [0.4, 0.5) is 0 Å². The fraction of sp³-hybridized carbons (Fsp3) is 0.571. The van der Waals surface area contributed by atoms with Crippen LogP contribution in [0.3, 0.4) is 0 Å². The third kappa shape index (κ3) is 3.25. The molecule has 0 radical (unpaired) electrons. The van der Waals surface area contributed by atoms with E-state index in [4.69, 9.17) is 4.74 Å². The van der Waals surface area contributed by atoms with Crippen molar-refractivity contribution in [3.05, 3.63) is 18.9 Å². The van der Waals surface area contributed by atoms with Gasteiger partial charge in [0.1, 0.15) is 6.26 Å². The Balaban J connectivity index is 0.0000001000. The average Bonchev–Trinajstić information content (AvgIpc) is 2.63. The van der Waals surface area contributed by atoms with Crippen molar-refractivity contribution in [2.24, 2.45) is 0 Å². The molecule has 56 valence electrons. The van der Waals surface area contributed by atoms with Crippen molar-refractivity contribution < 1.29 is 9.15 Å². The maximum Gasteiger partial charge on any atom is 0.180 e. The number of nitrogens with zero attached hydrogens (tertiary/aromatic N) is 1. The fourth-order valence-corrected chi connectivity index (χ4v) is 0.479. The van der Waals surface area contributed by atoms with Gasteiger partial charge in [-0.3, -0.25) is 0 Å². The summed E-state index contributed by atoms with van der Waals surface area (Å²) in [4.78, 5) is 3.56. The molecular formula is C7H11NO2. The van der Waals surface area contributed by atoms with E-state index < -0.39 is 0 Å². The van der Waals surface area contributed by atoms with Crippen LogP contribution in [0.5, 0.6) is 0 Å². The molecule has 1 aromatic heterocycles. The first kappa shape index (κ1) is 7.28. The van der Waals surface area contributed by atoms with E-state index in [2.05, 4.69) is 16.3 Å². The van der Waals surface area contributed by atoms with Crippen LogP contribution in [0.1, 0.15) is 13.3 Å².